The van der Waals surface area contributed by atoms with Gasteiger partial charge < -0.3 is 0 Å². The minimum atomic E-state index is -0.00388. The van der Waals surface area contributed by atoms with E-state index in [0.717, 1.165) is 28.7 Å². The van der Waals surface area contributed by atoms with Crippen molar-refractivity contribution in [2.24, 2.45) is 5.84 Å². The van der Waals surface area contributed by atoms with Gasteiger partial charge in [-0.1, -0.05) is 28.1 Å². The molecule has 1 amide bonds. The number of nitrogens with two attached hydrogens (primary N) is 1. The van der Waals surface area contributed by atoms with E-state index in [9.17, 15) is 4.79 Å². The van der Waals surface area contributed by atoms with E-state index in [0.29, 0.717) is 6.42 Å². The lowest BCUT2D eigenvalue weighted by Gasteiger charge is -2.09. The van der Waals surface area contributed by atoms with Crippen molar-refractivity contribution in [1.29, 1.82) is 0 Å². The Bertz CT molecular complexity index is 335. The molecule has 88 valence electrons. The van der Waals surface area contributed by atoms with Crippen molar-refractivity contribution in [1.82, 2.24) is 5.01 Å². The first kappa shape index (κ1) is 13.2. The Morgan fingerprint density at radius 2 is 1.94 bits per heavy atom. The van der Waals surface area contributed by atoms with Crippen LogP contribution >= 0.6 is 15.9 Å². The number of carbonyl (C=O) groups excluding carboxylic acids is 1. The summed E-state index contributed by atoms with van der Waals surface area (Å²) >= 11 is 3.40. The van der Waals surface area contributed by atoms with Crippen LogP contribution in [0.25, 0.3) is 0 Å². The van der Waals surface area contributed by atoms with Crippen molar-refractivity contribution >= 4 is 21.8 Å². The molecule has 0 heterocycles. The van der Waals surface area contributed by atoms with Crippen molar-refractivity contribution < 1.29 is 4.79 Å². The van der Waals surface area contributed by atoms with Gasteiger partial charge in [-0.15, -0.1) is 0 Å². The number of carbonyl (C=O) groups is 1. The molecule has 0 aliphatic heterocycles. The Balaban J connectivity index is 2.21. The molecule has 0 aliphatic rings. The summed E-state index contributed by atoms with van der Waals surface area (Å²) in [7, 11) is 1.58. The van der Waals surface area contributed by atoms with Gasteiger partial charge in [0.15, 0.2) is 0 Å². The Labute approximate surface area is 105 Å². The summed E-state index contributed by atoms with van der Waals surface area (Å²) in [5, 5.41) is 1.15. The number of nitrogens with zero attached hydrogens (tertiary/aromatic N) is 1. The lowest BCUT2D eigenvalue weighted by Crippen LogP contribution is -2.32. The highest BCUT2D eigenvalue weighted by Crippen LogP contribution is 2.12. The average molecular weight is 285 g/mol. The van der Waals surface area contributed by atoms with Crippen LogP contribution in [0.4, 0.5) is 0 Å². The second-order valence-electron chi connectivity index (χ2n) is 3.84. The van der Waals surface area contributed by atoms with Crippen LogP contribution in [-0.4, -0.2) is 18.0 Å². The molecule has 0 aliphatic carbocycles. The first-order chi connectivity index (χ1) is 7.59. The standard InChI is InChI=1S/C12H17BrN2O/c1-15(14)12(16)5-3-2-4-10-6-8-11(13)9-7-10/h6-9H,2-5,14H2,1H3. The number of rotatable bonds is 5. The number of unbranched alkanes of at least 4 members (excludes halogenated alkanes) is 1. The van der Waals surface area contributed by atoms with Gasteiger partial charge in [0.25, 0.3) is 0 Å². The van der Waals surface area contributed by atoms with Crippen LogP contribution < -0.4 is 5.84 Å². The lowest BCUT2D eigenvalue weighted by atomic mass is 10.1. The number of halogens is 1. The van der Waals surface area contributed by atoms with Crippen molar-refractivity contribution in [3.05, 3.63) is 34.3 Å². The van der Waals surface area contributed by atoms with Crippen molar-refractivity contribution in [3.8, 4) is 0 Å². The Morgan fingerprint density at radius 3 is 2.50 bits per heavy atom. The number of benzene rings is 1. The summed E-state index contributed by atoms with van der Waals surface area (Å²) in [5.74, 6) is 5.32. The van der Waals surface area contributed by atoms with E-state index < -0.39 is 0 Å². The predicted molar refractivity (Wildman–Crippen MR) is 68.7 cm³/mol. The van der Waals surface area contributed by atoms with Crippen molar-refractivity contribution in [2.75, 3.05) is 7.05 Å². The van der Waals surface area contributed by atoms with Crippen LogP contribution in [0.1, 0.15) is 24.8 Å². The summed E-state index contributed by atoms with van der Waals surface area (Å²) in [6.07, 6.45) is 3.44. The fourth-order valence-electron chi connectivity index (χ4n) is 1.43. The molecule has 0 saturated carbocycles. The molecule has 0 radical (unpaired) electrons. The third-order valence-electron chi connectivity index (χ3n) is 2.41. The minimum Gasteiger partial charge on any atom is -0.284 e. The van der Waals surface area contributed by atoms with Gasteiger partial charge in [0.2, 0.25) is 5.91 Å². The van der Waals surface area contributed by atoms with Crippen LogP contribution in [0.3, 0.4) is 0 Å². The van der Waals surface area contributed by atoms with Gasteiger partial charge in [0.1, 0.15) is 0 Å². The summed E-state index contributed by atoms with van der Waals surface area (Å²) in [6, 6.07) is 8.27. The van der Waals surface area contributed by atoms with E-state index in [2.05, 4.69) is 28.1 Å². The second-order valence-corrected chi connectivity index (χ2v) is 4.75. The van der Waals surface area contributed by atoms with E-state index in [1.807, 2.05) is 12.1 Å². The number of hydrogen-bond acceptors (Lipinski definition) is 2. The molecule has 0 saturated heterocycles. The highest BCUT2D eigenvalue weighted by atomic mass is 79.9. The first-order valence-electron chi connectivity index (χ1n) is 5.35. The zero-order valence-corrected chi connectivity index (χ0v) is 11.0. The molecule has 1 aromatic rings. The SMILES string of the molecule is CN(N)C(=O)CCCCc1ccc(Br)cc1. The quantitative estimate of drug-likeness (QED) is 0.391. The van der Waals surface area contributed by atoms with Crippen LogP contribution in [-0.2, 0) is 11.2 Å². The van der Waals surface area contributed by atoms with Crippen LogP contribution in [0.5, 0.6) is 0 Å². The zero-order chi connectivity index (χ0) is 12.0. The minimum absolute atomic E-state index is 0.00388. The maximum absolute atomic E-state index is 11.2. The average Bonchev–Trinajstić information content (AvgIpc) is 2.26. The molecule has 0 unspecified atom stereocenters. The molecule has 1 rings (SSSR count). The van der Waals surface area contributed by atoms with E-state index in [4.69, 9.17) is 5.84 Å². The lowest BCUT2D eigenvalue weighted by molar-refractivity contribution is -0.130. The topological polar surface area (TPSA) is 46.3 Å². The molecule has 16 heavy (non-hydrogen) atoms. The van der Waals surface area contributed by atoms with Crippen LogP contribution in [0.15, 0.2) is 28.7 Å². The third kappa shape index (κ3) is 4.77. The van der Waals surface area contributed by atoms with Gasteiger partial charge in [0.05, 0.1) is 0 Å². The normalized spacial score (nSPS) is 10.2. The maximum Gasteiger partial charge on any atom is 0.236 e. The van der Waals surface area contributed by atoms with E-state index >= 15 is 0 Å². The van der Waals surface area contributed by atoms with Crippen LogP contribution in [0, 0.1) is 0 Å². The number of aryl methyl sites for hydroxylation is 1. The Kier molecular flexibility index (Phi) is 5.49. The maximum atomic E-state index is 11.2. The van der Waals surface area contributed by atoms with Gasteiger partial charge >= 0.3 is 0 Å². The number of hydrogen-bond donors (Lipinski definition) is 1. The van der Waals surface area contributed by atoms with E-state index in [1.54, 1.807) is 7.05 Å². The predicted octanol–water partition coefficient (Wildman–Crippen LogP) is 2.49. The fourth-order valence-corrected chi connectivity index (χ4v) is 1.70. The van der Waals surface area contributed by atoms with Gasteiger partial charge in [0, 0.05) is 17.9 Å². The molecule has 0 aromatic heterocycles. The molecule has 0 fully saturated rings. The van der Waals surface area contributed by atoms with Crippen LogP contribution in [0.2, 0.25) is 0 Å². The van der Waals surface area contributed by atoms with E-state index in [-0.39, 0.29) is 5.91 Å². The largest absolute Gasteiger partial charge is 0.284 e. The fraction of sp³-hybridized carbons (Fsp3) is 0.417. The summed E-state index contributed by atoms with van der Waals surface area (Å²) < 4.78 is 1.09. The summed E-state index contributed by atoms with van der Waals surface area (Å²) in [6.45, 7) is 0. The third-order valence-corrected chi connectivity index (χ3v) is 2.94. The van der Waals surface area contributed by atoms with Gasteiger partial charge in [-0.25, -0.2) is 5.84 Å². The van der Waals surface area contributed by atoms with Gasteiger partial charge in [-0.3, -0.25) is 9.80 Å². The second kappa shape index (κ2) is 6.66. The molecule has 1 aromatic carbocycles. The Morgan fingerprint density at radius 1 is 1.31 bits per heavy atom. The van der Waals surface area contributed by atoms with Crippen molar-refractivity contribution in [2.45, 2.75) is 25.7 Å². The Hall–Kier alpha value is -0.870. The molecule has 0 bridgehead atoms. The van der Waals surface area contributed by atoms with Gasteiger partial charge in [-0.2, -0.15) is 0 Å². The molecule has 3 nitrogen and oxygen atoms in total. The smallest absolute Gasteiger partial charge is 0.236 e. The zero-order valence-electron chi connectivity index (χ0n) is 9.45. The molecular formula is C12H17BrN2O. The molecule has 0 spiro atoms. The van der Waals surface area contributed by atoms with Gasteiger partial charge in [-0.05, 0) is 37.0 Å². The summed E-state index contributed by atoms with van der Waals surface area (Å²) in [5.41, 5.74) is 1.30. The monoisotopic (exact) mass is 284 g/mol. The molecule has 4 heteroatoms. The highest BCUT2D eigenvalue weighted by molar-refractivity contribution is 9.10. The molecule has 0 atom stereocenters. The molecular weight excluding hydrogens is 268 g/mol. The first-order valence-corrected chi connectivity index (χ1v) is 6.14. The van der Waals surface area contributed by atoms with E-state index in [1.165, 1.54) is 5.56 Å². The highest BCUT2D eigenvalue weighted by Gasteiger charge is 2.03. The molecule has 2 N–H and O–H groups in total. The van der Waals surface area contributed by atoms with Crippen molar-refractivity contribution in [3.63, 3.8) is 0 Å². The number of hydrazine groups is 1. The summed E-state index contributed by atoms with van der Waals surface area (Å²) in [4.78, 5) is 11.2. The number of amides is 1.